The third-order valence-corrected chi connectivity index (χ3v) is 2.30. The third-order valence-electron chi connectivity index (χ3n) is 2.30. The van der Waals surface area contributed by atoms with Crippen LogP contribution < -0.4 is 5.73 Å². The van der Waals surface area contributed by atoms with E-state index >= 15 is 0 Å². The van der Waals surface area contributed by atoms with E-state index in [0.717, 1.165) is 13.0 Å². The molecule has 0 aliphatic rings. The number of hydrazine groups is 1. The summed E-state index contributed by atoms with van der Waals surface area (Å²) in [7, 11) is 0. The van der Waals surface area contributed by atoms with Crippen LogP contribution in [0.15, 0.2) is 12.7 Å². The lowest BCUT2D eigenvalue weighted by molar-refractivity contribution is -0.151. The van der Waals surface area contributed by atoms with Gasteiger partial charge in [0.15, 0.2) is 0 Å². The molecule has 0 radical (unpaired) electrons. The number of carbonyl (C=O) groups excluding carboxylic acids is 1. The van der Waals surface area contributed by atoms with Gasteiger partial charge < -0.3 is 5.73 Å². The summed E-state index contributed by atoms with van der Waals surface area (Å²) in [6, 6.07) is 0.284. The third kappa shape index (κ3) is 4.77. The van der Waals surface area contributed by atoms with Gasteiger partial charge in [0.2, 0.25) is 5.91 Å². The van der Waals surface area contributed by atoms with Crippen LogP contribution in [0.4, 0.5) is 0 Å². The molecule has 0 aliphatic heterocycles. The fraction of sp³-hybridized carbons (Fsp3) is 0.750. The first kappa shape index (κ1) is 15.1. The van der Waals surface area contributed by atoms with Crippen molar-refractivity contribution in [2.45, 2.75) is 39.7 Å². The molecule has 0 unspecified atom stereocenters. The summed E-state index contributed by atoms with van der Waals surface area (Å²) in [5, 5.41) is 3.84. The molecule has 4 nitrogen and oxygen atoms in total. The van der Waals surface area contributed by atoms with E-state index in [0.29, 0.717) is 19.5 Å². The number of amides is 1. The second-order valence-corrected chi connectivity index (χ2v) is 4.06. The molecule has 0 saturated carbocycles. The number of nitrogens with zero attached hydrogens (tertiary/aromatic N) is 2. The highest BCUT2D eigenvalue weighted by Gasteiger charge is 2.21. The average molecular weight is 227 g/mol. The number of nitrogens with two attached hydrogens (primary N) is 1. The number of carbonyl (C=O) groups is 1. The highest BCUT2D eigenvalue weighted by atomic mass is 16.2. The molecule has 0 fully saturated rings. The lowest BCUT2D eigenvalue weighted by atomic mass is 10.3. The van der Waals surface area contributed by atoms with Crippen LogP contribution in [-0.2, 0) is 4.79 Å². The molecule has 0 saturated heterocycles. The minimum Gasteiger partial charge on any atom is -0.330 e. The highest BCUT2D eigenvalue weighted by Crippen LogP contribution is 2.07. The van der Waals surface area contributed by atoms with Crippen LogP contribution >= 0.6 is 0 Å². The molecule has 0 aromatic heterocycles. The summed E-state index contributed by atoms with van der Waals surface area (Å²) in [5.74, 6) is 0.0971. The minimum absolute atomic E-state index is 0.0971. The van der Waals surface area contributed by atoms with E-state index < -0.39 is 0 Å². The molecule has 0 spiro atoms. The second kappa shape index (κ2) is 8.30. The van der Waals surface area contributed by atoms with E-state index in [4.69, 9.17) is 5.73 Å². The predicted octanol–water partition coefficient (Wildman–Crippen LogP) is 1.39. The van der Waals surface area contributed by atoms with Gasteiger partial charge in [0.05, 0.1) is 0 Å². The van der Waals surface area contributed by atoms with Crippen molar-refractivity contribution in [2.75, 3.05) is 19.6 Å². The van der Waals surface area contributed by atoms with Gasteiger partial charge in [-0.05, 0) is 20.3 Å². The Labute approximate surface area is 99.1 Å². The molecule has 2 N–H and O–H groups in total. The van der Waals surface area contributed by atoms with Crippen LogP contribution in [0.5, 0.6) is 0 Å². The fourth-order valence-electron chi connectivity index (χ4n) is 1.58. The molecule has 4 heteroatoms. The molecule has 0 rings (SSSR count). The van der Waals surface area contributed by atoms with Gasteiger partial charge in [0, 0.05) is 32.1 Å². The van der Waals surface area contributed by atoms with Gasteiger partial charge in [-0.2, -0.15) is 0 Å². The molecule has 0 bridgehead atoms. The SMILES string of the molecule is C=CCN(C(C)C)N(CCC)C(=O)CCN. The maximum absolute atomic E-state index is 11.9. The number of rotatable bonds is 8. The van der Waals surface area contributed by atoms with E-state index in [1.807, 2.05) is 11.1 Å². The Bertz CT molecular complexity index is 216. The van der Waals surface area contributed by atoms with Crippen LogP contribution in [0.2, 0.25) is 0 Å². The molecular weight excluding hydrogens is 202 g/mol. The van der Waals surface area contributed by atoms with Crippen molar-refractivity contribution in [3.8, 4) is 0 Å². The smallest absolute Gasteiger partial charge is 0.238 e. The van der Waals surface area contributed by atoms with Crippen LogP contribution in [0, 0.1) is 0 Å². The molecule has 0 aliphatic carbocycles. The minimum atomic E-state index is 0.0971. The lowest BCUT2D eigenvalue weighted by Crippen LogP contribution is -2.50. The molecule has 16 heavy (non-hydrogen) atoms. The Hall–Kier alpha value is -0.870. The molecular formula is C12H25N3O. The van der Waals surface area contributed by atoms with Gasteiger partial charge >= 0.3 is 0 Å². The van der Waals surface area contributed by atoms with Crippen LogP contribution in [-0.4, -0.2) is 41.6 Å². The van der Waals surface area contributed by atoms with Crippen LogP contribution in [0.3, 0.4) is 0 Å². The van der Waals surface area contributed by atoms with Crippen molar-refractivity contribution in [1.82, 2.24) is 10.0 Å². The molecule has 0 aromatic carbocycles. The van der Waals surface area contributed by atoms with Crippen LogP contribution in [0.25, 0.3) is 0 Å². The maximum atomic E-state index is 11.9. The Kier molecular flexibility index (Phi) is 7.85. The zero-order chi connectivity index (χ0) is 12.6. The summed E-state index contributed by atoms with van der Waals surface area (Å²) < 4.78 is 0. The first-order chi connectivity index (χ1) is 7.58. The normalized spacial score (nSPS) is 10.9. The summed E-state index contributed by atoms with van der Waals surface area (Å²) in [6.07, 6.45) is 3.16. The average Bonchev–Trinajstić information content (AvgIpc) is 2.23. The molecule has 0 atom stereocenters. The standard InChI is InChI=1S/C12H25N3O/c1-5-9-14(11(3)4)15(10-6-2)12(16)7-8-13/h5,11H,1,6-10,13H2,2-4H3. The molecule has 94 valence electrons. The van der Waals surface area contributed by atoms with E-state index in [1.54, 1.807) is 5.01 Å². The second-order valence-electron chi connectivity index (χ2n) is 4.06. The van der Waals surface area contributed by atoms with E-state index in [2.05, 4.69) is 27.4 Å². The zero-order valence-electron chi connectivity index (χ0n) is 10.8. The van der Waals surface area contributed by atoms with Crippen molar-refractivity contribution >= 4 is 5.91 Å². The van der Waals surface area contributed by atoms with Gasteiger partial charge in [-0.25, -0.2) is 5.01 Å². The monoisotopic (exact) mass is 227 g/mol. The first-order valence-electron chi connectivity index (χ1n) is 5.96. The molecule has 1 amide bonds. The van der Waals surface area contributed by atoms with Crippen molar-refractivity contribution in [1.29, 1.82) is 0 Å². The maximum Gasteiger partial charge on any atom is 0.238 e. The Morgan fingerprint density at radius 3 is 2.50 bits per heavy atom. The number of hydrogen-bond acceptors (Lipinski definition) is 3. The van der Waals surface area contributed by atoms with Gasteiger partial charge in [-0.15, -0.1) is 6.58 Å². The van der Waals surface area contributed by atoms with Crippen LogP contribution in [0.1, 0.15) is 33.6 Å². The highest BCUT2D eigenvalue weighted by molar-refractivity contribution is 5.75. The Morgan fingerprint density at radius 2 is 2.12 bits per heavy atom. The van der Waals surface area contributed by atoms with Gasteiger partial charge in [0.25, 0.3) is 0 Å². The van der Waals surface area contributed by atoms with E-state index in [-0.39, 0.29) is 11.9 Å². The van der Waals surface area contributed by atoms with E-state index in [9.17, 15) is 4.79 Å². The van der Waals surface area contributed by atoms with Crippen molar-refractivity contribution in [3.05, 3.63) is 12.7 Å². The first-order valence-corrected chi connectivity index (χ1v) is 5.96. The molecule has 0 aromatic rings. The van der Waals surface area contributed by atoms with Gasteiger partial charge in [-0.3, -0.25) is 9.80 Å². The quantitative estimate of drug-likeness (QED) is 0.503. The summed E-state index contributed by atoms with van der Waals surface area (Å²) in [4.78, 5) is 11.9. The number of hydrogen-bond donors (Lipinski definition) is 1. The summed E-state index contributed by atoms with van der Waals surface area (Å²) in [6.45, 7) is 11.8. The predicted molar refractivity (Wildman–Crippen MR) is 67.7 cm³/mol. The summed E-state index contributed by atoms with van der Waals surface area (Å²) in [5.41, 5.74) is 5.43. The Balaban J connectivity index is 4.67. The van der Waals surface area contributed by atoms with Crippen molar-refractivity contribution in [2.24, 2.45) is 5.73 Å². The van der Waals surface area contributed by atoms with E-state index in [1.165, 1.54) is 0 Å². The van der Waals surface area contributed by atoms with Gasteiger partial charge in [-0.1, -0.05) is 13.0 Å². The topological polar surface area (TPSA) is 49.6 Å². The van der Waals surface area contributed by atoms with Crippen molar-refractivity contribution < 1.29 is 4.79 Å². The zero-order valence-corrected chi connectivity index (χ0v) is 10.8. The lowest BCUT2D eigenvalue weighted by Gasteiger charge is -2.37. The fourth-order valence-corrected chi connectivity index (χ4v) is 1.58. The Morgan fingerprint density at radius 1 is 1.50 bits per heavy atom. The molecule has 0 heterocycles. The van der Waals surface area contributed by atoms with Gasteiger partial charge in [0.1, 0.15) is 0 Å². The van der Waals surface area contributed by atoms with Crippen molar-refractivity contribution in [3.63, 3.8) is 0 Å². The largest absolute Gasteiger partial charge is 0.330 e. The summed E-state index contributed by atoms with van der Waals surface area (Å²) >= 11 is 0.